The molecule has 0 amide bonds. The fourth-order valence-corrected chi connectivity index (χ4v) is 4.59. The van der Waals surface area contributed by atoms with Crippen LogP contribution in [0.5, 0.6) is 23.0 Å². The van der Waals surface area contributed by atoms with Gasteiger partial charge >= 0.3 is 0 Å². The van der Waals surface area contributed by atoms with E-state index in [0.29, 0.717) is 75.6 Å². The zero-order valence-electron chi connectivity index (χ0n) is 23.8. The van der Waals surface area contributed by atoms with Gasteiger partial charge in [0.25, 0.3) is 0 Å². The molecule has 220 valence electrons. The second-order valence-electron chi connectivity index (χ2n) is 9.35. The third-order valence-corrected chi connectivity index (χ3v) is 6.34. The maximum atomic E-state index is 6.05. The molecule has 42 heavy (non-hydrogen) atoms. The lowest BCUT2D eigenvalue weighted by molar-refractivity contribution is 0.278. The van der Waals surface area contributed by atoms with Gasteiger partial charge in [-0.2, -0.15) is 0 Å². The van der Waals surface area contributed by atoms with E-state index in [0.717, 1.165) is 33.4 Å². The summed E-state index contributed by atoms with van der Waals surface area (Å²) in [4.78, 5) is 0. The van der Waals surface area contributed by atoms with Crippen LogP contribution in [0.2, 0.25) is 0 Å². The van der Waals surface area contributed by atoms with Gasteiger partial charge in [-0.15, -0.1) is 0 Å². The molecule has 8 heteroatoms. The Morgan fingerprint density at radius 1 is 0.381 bits per heavy atom. The van der Waals surface area contributed by atoms with Crippen LogP contribution in [0.25, 0.3) is 11.1 Å². The molecule has 0 unspecified atom stereocenters. The van der Waals surface area contributed by atoms with Crippen LogP contribution in [0.1, 0.15) is 22.3 Å². The summed E-state index contributed by atoms with van der Waals surface area (Å²) in [6.45, 7) is 2.99. The van der Waals surface area contributed by atoms with Gasteiger partial charge in [-0.05, 0) is 57.7 Å². The maximum absolute atomic E-state index is 6.05. The molecule has 0 saturated heterocycles. The highest BCUT2D eigenvalue weighted by Gasteiger charge is 2.20. The summed E-state index contributed by atoms with van der Waals surface area (Å²) in [5.74, 6) is 2.44. The first-order chi connectivity index (χ1) is 20.7. The first-order valence-corrected chi connectivity index (χ1v) is 14.2. The molecule has 0 aliphatic rings. The van der Waals surface area contributed by atoms with E-state index >= 15 is 0 Å². The highest BCUT2D eigenvalue weighted by Crippen LogP contribution is 2.42. The second-order valence-corrected chi connectivity index (χ2v) is 9.35. The van der Waals surface area contributed by atoms with Crippen LogP contribution in [0.3, 0.4) is 0 Å². The molecular formula is C34H40N4O4. The van der Waals surface area contributed by atoms with E-state index in [9.17, 15) is 0 Å². The summed E-state index contributed by atoms with van der Waals surface area (Å²) in [6.07, 6.45) is 0. The fourth-order valence-electron chi connectivity index (χ4n) is 4.59. The van der Waals surface area contributed by atoms with Crippen molar-refractivity contribution in [1.82, 2.24) is 0 Å². The lowest BCUT2D eigenvalue weighted by atomic mass is 9.85. The van der Waals surface area contributed by atoms with Crippen molar-refractivity contribution in [3.63, 3.8) is 0 Å². The molecule has 4 aromatic rings. The number of hydrogen-bond acceptors (Lipinski definition) is 8. The molecule has 0 radical (unpaired) electrons. The molecule has 0 saturated carbocycles. The van der Waals surface area contributed by atoms with Crippen LogP contribution in [0.4, 0.5) is 0 Å². The van der Waals surface area contributed by atoms with Crippen molar-refractivity contribution >= 4 is 11.1 Å². The Bertz CT molecular complexity index is 1320. The standard InChI is InChI=1S/C34H40N4O4/c35-15-19-39-29-13-11-27(23-31(29)41-21-17-37)33(25-7-3-1-4-8-25)34(26-9-5-2-6-10-26)28-12-14-30(40-20-16-36)32(24-28)42-22-18-38/h1-14,23-24H,15-22,35-38H2/b34-33+. The van der Waals surface area contributed by atoms with Crippen LogP contribution in [0.15, 0.2) is 97.1 Å². The SMILES string of the molecule is NCCOc1ccc(/C(=C(\c2ccccc2)c2ccc(OCCN)c(OCCN)c2)c2ccccc2)cc1OCCN. The van der Waals surface area contributed by atoms with E-state index in [1.807, 2.05) is 72.8 Å². The van der Waals surface area contributed by atoms with Crippen molar-refractivity contribution in [3.8, 4) is 23.0 Å². The van der Waals surface area contributed by atoms with E-state index in [4.69, 9.17) is 41.9 Å². The van der Waals surface area contributed by atoms with Crippen molar-refractivity contribution in [2.45, 2.75) is 0 Å². The normalized spacial score (nSPS) is 11.5. The Balaban J connectivity index is 2.00. The van der Waals surface area contributed by atoms with Gasteiger partial charge in [0, 0.05) is 26.2 Å². The maximum Gasteiger partial charge on any atom is 0.161 e. The molecule has 0 bridgehead atoms. The summed E-state index contributed by atoms with van der Waals surface area (Å²) in [5, 5.41) is 0. The minimum atomic E-state index is 0.352. The topological polar surface area (TPSA) is 141 Å². The zero-order valence-corrected chi connectivity index (χ0v) is 23.8. The van der Waals surface area contributed by atoms with Crippen molar-refractivity contribution in [1.29, 1.82) is 0 Å². The molecule has 0 heterocycles. The summed E-state index contributed by atoms with van der Waals surface area (Å²) in [5.41, 5.74) is 28.9. The van der Waals surface area contributed by atoms with Gasteiger partial charge in [-0.3, -0.25) is 0 Å². The van der Waals surface area contributed by atoms with Crippen molar-refractivity contribution in [2.75, 3.05) is 52.6 Å². The quantitative estimate of drug-likeness (QED) is 0.148. The van der Waals surface area contributed by atoms with Crippen LogP contribution < -0.4 is 41.9 Å². The van der Waals surface area contributed by atoms with Gasteiger partial charge in [0.1, 0.15) is 26.4 Å². The van der Waals surface area contributed by atoms with Gasteiger partial charge in [0.2, 0.25) is 0 Å². The lowest BCUT2D eigenvalue weighted by Gasteiger charge is -2.21. The highest BCUT2D eigenvalue weighted by molar-refractivity contribution is 6.05. The van der Waals surface area contributed by atoms with Crippen LogP contribution in [0, 0.1) is 0 Å². The Hall–Kier alpha value is -4.34. The monoisotopic (exact) mass is 568 g/mol. The summed E-state index contributed by atoms with van der Waals surface area (Å²) < 4.78 is 23.9. The number of benzene rings is 4. The summed E-state index contributed by atoms with van der Waals surface area (Å²) in [6, 6.07) is 32.4. The summed E-state index contributed by atoms with van der Waals surface area (Å²) >= 11 is 0. The Labute approximate surface area is 247 Å². The number of ether oxygens (including phenoxy) is 4. The average molecular weight is 569 g/mol. The second kappa shape index (κ2) is 16.2. The molecule has 8 N–H and O–H groups in total. The van der Waals surface area contributed by atoms with E-state index < -0.39 is 0 Å². The molecule has 0 aliphatic heterocycles. The number of rotatable bonds is 16. The molecule has 0 atom stereocenters. The largest absolute Gasteiger partial charge is 0.488 e. The third-order valence-electron chi connectivity index (χ3n) is 6.34. The van der Waals surface area contributed by atoms with E-state index in [2.05, 4.69) is 24.3 Å². The molecule has 4 rings (SSSR count). The van der Waals surface area contributed by atoms with E-state index in [1.165, 1.54) is 0 Å². The molecule has 0 spiro atoms. The Kier molecular flexibility index (Phi) is 11.8. The van der Waals surface area contributed by atoms with Gasteiger partial charge < -0.3 is 41.9 Å². The van der Waals surface area contributed by atoms with E-state index in [-0.39, 0.29) is 0 Å². The van der Waals surface area contributed by atoms with Crippen molar-refractivity contribution in [3.05, 3.63) is 119 Å². The lowest BCUT2D eigenvalue weighted by Crippen LogP contribution is -2.14. The molecule has 0 aromatic heterocycles. The third kappa shape index (κ3) is 7.90. The molecule has 0 aliphatic carbocycles. The minimum absolute atomic E-state index is 0.352. The van der Waals surface area contributed by atoms with Crippen LogP contribution in [-0.2, 0) is 0 Å². The zero-order chi connectivity index (χ0) is 29.6. The highest BCUT2D eigenvalue weighted by atomic mass is 16.5. The van der Waals surface area contributed by atoms with Crippen molar-refractivity contribution < 1.29 is 18.9 Å². The molecule has 0 fully saturated rings. The molecule has 4 aromatic carbocycles. The molecular weight excluding hydrogens is 528 g/mol. The molecule has 8 nitrogen and oxygen atoms in total. The van der Waals surface area contributed by atoms with Crippen LogP contribution >= 0.6 is 0 Å². The van der Waals surface area contributed by atoms with Gasteiger partial charge in [-0.1, -0.05) is 72.8 Å². The smallest absolute Gasteiger partial charge is 0.161 e. The van der Waals surface area contributed by atoms with Gasteiger partial charge in [0.15, 0.2) is 23.0 Å². The fraction of sp³-hybridized carbons (Fsp3) is 0.235. The number of hydrogen-bond donors (Lipinski definition) is 4. The average Bonchev–Trinajstić information content (AvgIpc) is 3.04. The van der Waals surface area contributed by atoms with Gasteiger partial charge in [0.05, 0.1) is 0 Å². The Morgan fingerprint density at radius 3 is 1.05 bits per heavy atom. The Morgan fingerprint density at radius 2 is 0.714 bits per heavy atom. The minimum Gasteiger partial charge on any atom is -0.488 e. The number of nitrogens with two attached hydrogens (primary N) is 4. The van der Waals surface area contributed by atoms with Crippen LogP contribution in [-0.4, -0.2) is 52.6 Å². The van der Waals surface area contributed by atoms with Gasteiger partial charge in [-0.25, -0.2) is 0 Å². The summed E-state index contributed by atoms with van der Waals surface area (Å²) in [7, 11) is 0. The predicted octanol–water partition coefficient (Wildman–Crippen LogP) is 4.04. The first kappa shape index (κ1) is 30.6. The van der Waals surface area contributed by atoms with Crippen molar-refractivity contribution in [2.24, 2.45) is 22.9 Å². The predicted molar refractivity (Wildman–Crippen MR) is 169 cm³/mol. The first-order valence-electron chi connectivity index (χ1n) is 14.2. The van der Waals surface area contributed by atoms with E-state index in [1.54, 1.807) is 0 Å².